The van der Waals surface area contributed by atoms with E-state index in [4.69, 9.17) is 10.5 Å². The first-order valence-electron chi connectivity index (χ1n) is 5.93. The Labute approximate surface area is 119 Å². The number of ether oxygens (including phenoxy) is 1. The number of rotatable bonds is 5. The summed E-state index contributed by atoms with van der Waals surface area (Å²) in [7, 11) is 1.41. The van der Waals surface area contributed by atoms with E-state index in [-0.39, 0.29) is 11.7 Å². The van der Waals surface area contributed by atoms with Crippen LogP contribution in [0.25, 0.3) is 0 Å². The normalized spacial score (nSPS) is 10.3. The summed E-state index contributed by atoms with van der Waals surface area (Å²) in [5, 5.41) is 5.11. The lowest BCUT2D eigenvalue weighted by atomic mass is 10.2. The molecule has 106 valence electrons. The van der Waals surface area contributed by atoms with Crippen LogP contribution in [-0.2, 0) is 6.42 Å². The first-order valence-corrected chi connectivity index (χ1v) is 6.81. The first-order chi connectivity index (χ1) is 9.63. The van der Waals surface area contributed by atoms with Crippen LogP contribution < -0.4 is 15.8 Å². The highest BCUT2D eigenvalue weighted by molar-refractivity contribution is 7.09. The van der Waals surface area contributed by atoms with Crippen molar-refractivity contribution < 1.29 is 13.9 Å². The summed E-state index contributed by atoms with van der Waals surface area (Å²) in [4.78, 5) is 16.2. The van der Waals surface area contributed by atoms with Gasteiger partial charge in [-0.1, -0.05) is 0 Å². The number of methoxy groups -OCH3 is 1. The van der Waals surface area contributed by atoms with Gasteiger partial charge in [0, 0.05) is 17.9 Å². The van der Waals surface area contributed by atoms with E-state index in [1.165, 1.54) is 36.6 Å². The molecule has 3 N–H and O–H groups in total. The number of aromatic nitrogens is 1. The number of halogens is 1. The zero-order chi connectivity index (χ0) is 14.5. The van der Waals surface area contributed by atoms with Crippen LogP contribution in [0.1, 0.15) is 15.5 Å². The third-order valence-electron chi connectivity index (χ3n) is 2.55. The lowest BCUT2D eigenvalue weighted by Gasteiger charge is -2.09. The number of carbonyl (C=O) groups is 1. The third kappa shape index (κ3) is 3.31. The second-order valence-electron chi connectivity index (χ2n) is 3.96. The van der Waals surface area contributed by atoms with Crippen LogP contribution in [0.3, 0.4) is 0 Å². The number of benzene rings is 1. The van der Waals surface area contributed by atoms with Crippen LogP contribution in [0.2, 0.25) is 0 Å². The van der Waals surface area contributed by atoms with Gasteiger partial charge in [-0.15, -0.1) is 11.3 Å². The van der Waals surface area contributed by atoms with Crippen LogP contribution in [0.15, 0.2) is 23.6 Å². The number of thiazole rings is 1. The minimum Gasteiger partial charge on any atom is -0.494 e. The third-order valence-corrected chi connectivity index (χ3v) is 3.46. The Hall–Kier alpha value is -1.99. The van der Waals surface area contributed by atoms with E-state index in [0.717, 1.165) is 5.01 Å². The standard InChI is InChI=1S/C13H14FN3O2S/c1-19-11-6-8(14)2-3-9(11)17-13(18)10-7-20-12(16-10)4-5-15/h2-3,6-7H,4-5,15H2,1H3,(H,17,18). The minimum absolute atomic E-state index is 0.260. The summed E-state index contributed by atoms with van der Waals surface area (Å²) in [6.07, 6.45) is 0.637. The molecule has 20 heavy (non-hydrogen) atoms. The predicted octanol–water partition coefficient (Wildman–Crippen LogP) is 2.04. The predicted molar refractivity (Wildman–Crippen MR) is 75.8 cm³/mol. The van der Waals surface area contributed by atoms with Gasteiger partial charge in [-0.05, 0) is 18.7 Å². The SMILES string of the molecule is COc1cc(F)ccc1NC(=O)c1csc(CCN)n1. The molecule has 1 amide bonds. The fourth-order valence-corrected chi connectivity index (χ4v) is 2.40. The van der Waals surface area contributed by atoms with Crippen LogP contribution in [0.4, 0.5) is 10.1 Å². The maximum Gasteiger partial charge on any atom is 0.275 e. The highest BCUT2D eigenvalue weighted by Crippen LogP contribution is 2.25. The number of nitrogens with zero attached hydrogens (tertiary/aromatic N) is 1. The number of hydrogen-bond donors (Lipinski definition) is 2. The van der Waals surface area contributed by atoms with Gasteiger partial charge >= 0.3 is 0 Å². The molecule has 0 bridgehead atoms. The Bertz CT molecular complexity index is 615. The molecule has 0 radical (unpaired) electrons. The molecule has 0 fully saturated rings. The number of nitrogens with one attached hydrogen (secondary N) is 1. The molecule has 0 spiro atoms. The van der Waals surface area contributed by atoms with Gasteiger partial charge in [-0.2, -0.15) is 0 Å². The summed E-state index contributed by atoms with van der Waals surface area (Å²) >= 11 is 1.38. The maximum absolute atomic E-state index is 13.1. The zero-order valence-electron chi connectivity index (χ0n) is 10.9. The number of nitrogens with two attached hydrogens (primary N) is 1. The molecule has 0 saturated carbocycles. The molecule has 5 nitrogen and oxygen atoms in total. The van der Waals surface area contributed by atoms with Crippen molar-refractivity contribution in [2.45, 2.75) is 6.42 Å². The van der Waals surface area contributed by atoms with E-state index in [1.807, 2.05) is 0 Å². The Balaban J connectivity index is 2.14. The largest absolute Gasteiger partial charge is 0.494 e. The molecule has 0 unspecified atom stereocenters. The van der Waals surface area contributed by atoms with Crippen LogP contribution in [-0.4, -0.2) is 24.5 Å². The average Bonchev–Trinajstić information content (AvgIpc) is 2.90. The van der Waals surface area contributed by atoms with Crippen molar-refractivity contribution in [2.24, 2.45) is 5.73 Å². The maximum atomic E-state index is 13.1. The van der Waals surface area contributed by atoms with Gasteiger partial charge in [-0.3, -0.25) is 4.79 Å². The van der Waals surface area contributed by atoms with Crippen molar-refractivity contribution in [3.8, 4) is 5.75 Å². The topological polar surface area (TPSA) is 77.2 Å². The molecule has 0 aliphatic rings. The van der Waals surface area contributed by atoms with Crippen molar-refractivity contribution in [1.29, 1.82) is 0 Å². The smallest absolute Gasteiger partial charge is 0.275 e. The minimum atomic E-state index is -0.432. The second kappa shape index (κ2) is 6.44. The van der Waals surface area contributed by atoms with E-state index in [0.29, 0.717) is 24.3 Å². The van der Waals surface area contributed by atoms with E-state index >= 15 is 0 Å². The number of amides is 1. The fraction of sp³-hybridized carbons (Fsp3) is 0.231. The molecule has 1 heterocycles. The van der Waals surface area contributed by atoms with Gasteiger partial charge in [-0.25, -0.2) is 9.37 Å². The zero-order valence-corrected chi connectivity index (χ0v) is 11.7. The van der Waals surface area contributed by atoms with Crippen molar-refractivity contribution >= 4 is 22.9 Å². The molecule has 0 aliphatic carbocycles. The highest BCUT2D eigenvalue weighted by atomic mass is 32.1. The molecule has 0 saturated heterocycles. The van der Waals surface area contributed by atoms with Gasteiger partial charge in [0.25, 0.3) is 5.91 Å². The average molecular weight is 295 g/mol. The van der Waals surface area contributed by atoms with Gasteiger partial charge in [0.15, 0.2) is 0 Å². The number of anilines is 1. The highest BCUT2D eigenvalue weighted by Gasteiger charge is 2.13. The molecule has 0 aliphatic heterocycles. The van der Waals surface area contributed by atoms with Gasteiger partial charge < -0.3 is 15.8 Å². The van der Waals surface area contributed by atoms with E-state index in [2.05, 4.69) is 10.3 Å². The monoisotopic (exact) mass is 295 g/mol. The van der Waals surface area contributed by atoms with E-state index < -0.39 is 5.82 Å². The van der Waals surface area contributed by atoms with Gasteiger partial charge in [0.05, 0.1) is 17.8 Å². The number of carbonyl (C=O) groups excluding carboxylic acids is 1. The molecule has 7 heteroatoms. The van der Waals surface area contributed by atoms with Crippen LogP contribution >= 0.6 is 11.3 Å². The summed E-state index contributed by atoms with van der Waals surface area (Å²) < 4.78 is 18.1. The van der Waals surface area contributed by atoms with Crippen molar-refractivity contribution in [3.05, 3.63) is 40.1 Å². The molecular weight excluding hydrogens is 281 g/mol. The van der Waals surface area contributed by atoms with Gasteiger partial charge in [0.2, 0.25) is 0 Å². The quantitative estimate of drug-likeness (QED) is 0.885. The molecule has 1 aromatic carbocycles. The van der Waals surface area contributed by atoms with Gasteiger partial charge in [0.1, 0.15) is 17.3 Å². The molecule has 2 aromatic rings. The molecule has 0 atom stereocenters. The molecular formula is C13H14FN3O2S. The Morgan fingerprint density at radius 1 is 1.55 bits per heavy atom. The molecule has 1 aromatic heterocycles. The summed E-state index contributed by atoms with van der Waals surface area (Å²) in [5.74, 6) is -0.538. The number of hydrogen-bond acceptors (Lipinski definition) is 5. The lowest BCUT2D eigenvalue weighted by molar-refractivity contribution is 0.102. The summed E-state index contributed by atoms with van der Waals surface area (Å²) in [6, 6.07) is 3.90. The molecule has 2 rings (SSSR count). The van der Waals surface area contributed by atoms with Crippen LogP contribution in [0, 0.1) is 5.82 Å². The van der Waals surface area contributed by atoms with Crippen molar-refractivity contribution in [3.63, 3.8) is 0 Å². The van der Waals surface area contributed by atoms with E-state index in [1.54, 1.807) is 5.38 Å². The van der Waals surface area contributed by atoms with Crippen LogP contribution in [0.5, 0.6) is 5.75 Å². The Morgan fingerprint density at radius 3 is 3.05 bits per heavy atom. The first kappa shape index (κ1) is 14.4. The van der Waals surface area contributed by atoms with Crippen molar-refractivity contribution in [1.82, 2.24) is 4.98 Å². The lowest BCUT2D eigenvalue weighted by Crippen LogP contribution is -2.13. The summed E-state index contributed by atoms with van der Waals surface area (Å²) in [5.41, 5.74) is 6.14. The van der Waals surface area contributed by atoms with Crippen molar-refractivity contribution in [2.75, 3.05) is 19.0 Å². The Kier molecular flexibility index (Phi) is 4.65. The second-order valence-corrected chi connectivity index (χ2v) is 4.91. The summed E-state index contributed by atoms with van der Waals surface area (Å²) in [6.45, 7) is 0.486. The Morgan fingerprint density at radius 2 is 2.35 bits per heavy atom. The fourth-order valence-electron chi connectivity index (χ4n) is 1.61. The van der Waals surface area contributed by atoms with E-state index in [9.17, 15) is 9.18 Å².